The van der Waals surface area contributed by atoms with Gasteiger partial charge in [0, 0.05) is 23.1 Å². The topological polar surface area (TPSA) is 49.5 Å². The van der Waals surface area contributed by atoms with E-state index in [4.69, 9.17) is 5.73 Å². The molecule has 0 aliphatic carbocycles. The number of phenols is 1. The molecule has 0 spiro atoms. The Kier molecular flexibility index (Phi) is 4.42. The van der Waals surface area contributed by atoms with Gasteiger partial charge in [0.25, 0.3) is 0 Å². The molecule has 17 heavy (non-hydrogen) atoms. The number of nitrogens with two attached hydrogens (primary N) is 1. The smallest absolute Gasteiger partial charge is 0.120 e. The van der Waals surface area contributed by atoms with E-state index in [-0.39, 0.29) is 0 Å². The van der Waals surface area contributed by atoms with E-state index in [2.05, 4.69) is 20.8 Å². The number of likely N-dealkylation sites (tertiary alicyclic amines) is 1. The number of piperidine rings is 1. The Balaban J connectivity index is 2.02. The van der Waals surface area contributed by atoms with Crippen LogP contribution in [-0.2, 0) is 6.54 Å². The van der Waals surface area contributed by atoms with Crippen molar-refractivity contribution in [1.29, 1.82) is 0 Å². The minimum Gasteiger partial charge on any atom is -0.508 e. The first kappa shape index (κ1) is 12.9. The molecule has 0 aromatic heterocycles. The van der Waals surface area contributed by atoms with Crippen molar-refractivity contribution in [1.82, 2.24) is 4.90 Å². The summed E-state index contributed by atoms with van der Waals surface area (Å²) in [5.74, 6) is 0.987. The summed E-state index contributed by atoms with van der Waals surface area (Å²) in [6, 6.07) is 5.59. The number of halogens is 1. The lowest BCUT2D eigenvalue weighted by atomic mass is 9.98. The molecule has 1 aromatic carbocycles. The average Bonchev–Trinajstić information content (AvgIpc) is 2.34. The Morgan fingerprint density at radius 3 is 3.06 bits per heavy atom. The molecular weight excluding hydrogens is 280 g/mol. The number of hydrogen-bond donors (Lipinski definition) is 2. The first-order chi connectivity index (χ1) is 8.19. The van der Waals surface area contributed by atoms with Gasteiger partial charge < -0.3 is 10.8 Å². The van der Waals surface area contributed by atoms with Crippen molar-refractivity contribution in [2.45, 2.75) is 19.4 Å². The number of phenolic OH excluding ortho intramolecular Hbond substituents is 1. The molecule has 1 saturated heterocycles. The normalized spacial score (nSPS) is 21.6. The van der Waals surface area contributed by atoms with Crippen LogP contribution >= 0.6 is 15.9 Å². The molecule has 0 amide bonds. The first-order valence-electron chi connectivity index (χ1n) is 6.09. The summed E-state index contributed by atoms with van der Waals surface area (Å²) < 4.78 is 1.01. The Morgan fingerprint density at radius 2 is 2.29 bits per heavy atom. The average molecular weight is 299 g/mol. The Morgan fingerprint density at radius 1 is 1.47 bits per heavy atom. The van der Waals surface area contributed by atoms with Gasteiger partial charge in [0.2, 0.25) is 0 Å². The van der Waals surface area contributed by atoms with Crippen LogP contribution in [0.2, 0.25) is 0 Å². The van der Waals surface area contributed by atoms with Gasteiger partial charge in [-0.2, -0.15) is 0 Å². The molecule has 4 heteroatoms. The van der Waals surface area contributed by atoms with Crippen molar-refractivity contribution in [3.63, 3.8) is 0 Å². The van der Waals surface area contributed by atoms with Gasteiger partial charge in [-0.1, -0.05) is 15.9 Å². The molecular formula is C13H19BrN2O. The fraction of sp³-hybridized carbons (Fsp3) is 0.538. The van der Waals surface area contributed by atoms with Crippen molar-refractivity contribution in [2.24, 2.45) is 11.7 Å². The highest BCUT2D eigenvalue weighted by atomic mass is 79.9. The maximum absolute atomic E-state index is 9.82. The van der Waals surface area contributed by atoms with Crippen LogP contribution in [0, 0.1) is 5.92 Å². The van der Waals surface area contributed by atoms with Crippen LogP contribution in [0.5, 0.6) is 5.75 Å². The predicted molar refractivity (Wildman–Crippen MR) is 72.9 cm³/mol. The van der Waals surface area contributed by atoms with Gasteiger partial charge in [0.05, 0.1) is 0 Å². The number of rotatable bonds is 3. The Hall–Kier alpha value is -0.580. The van der Waals surface area contributed by atoms with E-state index in [9.17, 15) is 5.11 Å². The van der Waals surface area contributed by atoms with Gasteiger partial charge >= 0.3 is 0 Å². The molecule has 94 valence electrons. The van der Waals surface area contributed by atoms with Crippen molar-refractivity contribution in [3.8, 4) is 5.75 Å². The van der Waals surface area contributed by atoms with E-state index in [0.717, 1.165) is 36.2 Å². The number of hydrogen-bond acceptors (Lipinski definition) is 3. The molecule has 2 rings (SSSR count). The van der Waals surface area contributed by atoms with E-state index < -0.39 is 0 Å². The number of aromatic hydroxyl groups is 1. The lowest BCUT2D eigenvalue weighted by Gasteiger charge is -2.32. The molecule has 1 atom stereocenters. The van der Waals surface area contributed by atoms with Gasteiger partial charge in [0.15, 0.2) is 0 Å². The summed E-state index contributed by atoms with van der Waals surface area (Å²) in [5, 5.41) is 9.82. The third-order valence-corrected chi connectivity index (χ3v) is 3.87. The van der Waals surface area contributed by atoms with E-state index in [1.165, 1.54) is 12.8 Å². The lowest BCUT2D eigenvalue weighted by molar-refractivity contribution is 0.169. The second kappa shape index (κ2) is 5.85. The Labute approximate surface area is 111 Å². The lowest BCUT2D eigenvalue weighted by Crippen LogP contribution is -2.37. The van der Waals surface area contributed by atoms with Crippen LogP contribution in [-0.4, -0.2) is 29.6 Å². The van der Waals surface area contributed by atoms with Gasteiger partial charge in [-0.15, -0.1) is 0 Å². The van der Waals surface area contributed by atoms with E-state index in [1.807, 2.05) is 12.1 Å². The van der Waals surface area contributed by atoms with Crippen LogP contribution in [0.1, 0.15) is 18.4 Å². The Bertz CT molecular complexity index is 384. The zero-order valence-corrected chi connectivity index (χ0v) is 11.5. The summed E-state index contributed by atoms with van der Waals surface area (Å²) in [4.78, 5) is 2.38. The largest absolute Gasteiger partial charge is 0.508 e. The fourth-order valence-corrected chi connectivity index (χ4v) is 2.82. The van der Waals surface area contributed by atoms with E-state index in [1.54, 1.807) is 6.07 Å². The molecule has 0 saturated carbocycles. The maximum atomic E-state index is 9.82. The van der Waals surface area contributed by atoms with Crippen LogP contribution in [0.25, 0.3) is 0 Å². The molecule has 0 unspecified atom stereocenters. The standard InChI is InChI=1S/C13H19BrN2O/c14-12-3-4-13(17)11(6-12)9-16-5-1-2-10(7-15)8-16/h3-4,6,10,17H,1-2,5,7-9,15H2/t10-/m1/s1. The second-order valence-electron chi connectivity index (χ2n) is 4.75. The zero-order valence-electron chi connectivity index (χ0n) is 9.90. The fourth-order valence-electron chi connectivity index (χ4n) is 2.41. The zero-order chi connectivity index (χ0) is 12.3. The number of benzene rings is 1. The number of nitrogens with zero attached hydrogens (tertiary/aromatic N) is 1. The van der Waals surface area contributed by atoms with Gasteiger partial charge in [-0.3, -0.25) is 4.90 Å². The minimum atomic E-state index is 0.378. The van der Waals surface area contributed by atoms with Gasteiger partial charge in [-0.25, -0.2) is 0 Å². The SMILES string of the molecule is NC[C@H]1CCCN(Cc2cc(Br)ccc2O)C1. The van der Waals surface area contributed by atoms with Gasteiger partial charge in [-0.05, 0) is 50.0 Å². The summed E-state index contributed by atoms with van der Waals surface area (Å²) >= 11 is 3.44. The first-order valence-corrected chi connectivity index (χ1v) is 6.88. The highest BCUT2D eigenvalue weighted by Crippen LogP contribution is 2.25. The minimum absolute atomic E-state index is 0.378. The van der Waals surface area contributed by atoms with Crippen LogP contribution in [0.4, 0.5) is 0 Å². The van der Waals surface area contributed by atoms with Crippen molar-refractivity contribution < 1.29 is 5.11 Å². The summed E-state index contributed by atoms with van der Waals surface area (Å²) in [7, 11) is 0. The molecule has 3 nitrogen and oxygen atoms in total. The molecule has 1 aliphatic rings. The summed E-state index contributed by atoms with van der Waals surface area (Å²) in [6.07, 6.45) is 2.44. The van der Waals surface area contributed by atoms with E-state index >= 15 is 0 Å². The highest BCUT2D eigenvalue weighted by molar-refractivity contribution is 9.10. The molecule has 0 bridgehead atoms. The molecule has 0 radical (unpaired) electrons. The highest BCUT2D eigenvalue weighted by Gasteiger charge is 2.19. The molecule has 1 fully saturated rings. The summed E-state index contributed by atoms with van der Waals surface area (Å²) in [6.45, 7) is 3.72. The second-order valence-corrected chi connectivity index (χ2v) is 5.67. The van der Waals surface area contributed by atoms with Crippen LogP contribution in [0.15, 0.2) is 22.7 Å². The molecule has 3 N–H and O–H groups in total. The molecule has 1 heterocycles. The van der Waals surface area contributed by atoms with Crippen LogP contribution < -0.4 is 5.73 Å². The predicted octanol–water partition coefficient (Wildman–Crippen LogP) is 2.33. The van der Waals surface area contributed by atoms with Crippen molar-refractivity contribution in [2.75, 3.05) is 19.6 Å². The van der Waals surface area contributed by atoms with Gasteiger partial charge in [0.1, 0.15) is 5.75 Å². The monoisotopic (exact) mass is 298 g/mol. The van der Waals surface area contributed by atoms with Crippen molar-refractivity contribution in [3.05, 3.63) is 28.2 Å². The van der Waals surface area contributed by atoms with E-state index in [0.29, 0.717) is 11.7 Å². The maximum Gasteiger partial charge on any atom is 0.120 e. The quantitative estimate of drug-likeness (QED) is 0.900. The third-order valence-electron chi connectivity index (χ3n) is 3.37. The third kappa shape index (κ3) is 3.44. The molecule has 1 aromatic rings. The molecule has 1 aliphatic heterocycles. The van der Waals surface area contributed by atoms with Crippen molar-refractivity contribution >= 4 is 15.9 Å². The summed E-state index contributed by atoms with van der Waals surface area (Å²) in [5.41, 5.74) is 6.71. The van der Waals surface area contributed by atoms with Crippen LogP contribution in [0.3, 0.4) is 0 Å².